The molecule has 1 aliphatic rings. The van der Waals surface area contributed by atoms with Crippen LogP contribution in [0.15, 0.2) is 12.3 Å². The summed E-state index contributed by atoms with van der Waals surface area (Å²) in [5, 5.41) is 9.51. The molecule has 1 atom stereocenters. The van der Waals surface area contributed by atoms with Gasteiger partial charge in [-0.3, -0.25) is 0 Å². The van der Waals surface area contributed by atoms with E-state index in [9.17, 15) is 4.79 Å². The van der Waals surface area contributed by atoms with Gasteiger partial charge in [-0.2, -0.15) is 0 Å². The summed E-state index contributed by atoms with van der Waals surface area (Å²) in [5.74, 6) is -0.924. The lowest BCUT2D eigenvalue weighted by molar-refractivity contribution is 0.0683. The summed E-state index contributed by atoms with van der Waals surface area (Å²) in [4.78, 5) is 13.3. The molecule has 0 aliphatic carbocycles. The number of aromatic nitrogens is 1. The maximum absolute atomic E-state index is 11.0. The number of carboxylic acid groups (broad SMARTS) is 1. The first-order valence-corrected chi connectivity index (χ1v) is 5.75. The minimum atomic E-state index is -0.924. The lowest BCUT2D eigenvalue weighted by Gasteiger charge is -2.20. The Morgan fingerprint density at radius 2 is 2.44 bits per heavy atom. The molecule has 1 saturated heterocycles. The molecule has 5 heteroatoms. The number of carbonyl (C=O) groups is 1. The predicted octanol–water partition coefficient (Wildman–Crippen LogP) is 1.93. The predicted molar refractivity (Wildman–Crippen MR) is 62.1 cm³/mol. The molecule has 0 bridgehead atoms. The maximum Gasteiger partial charge on any atom is 0.352 e. The molecule has 1 aliphatic heterocycles. The van der Waals surface area contributed by atoms with Crippen molar-refractivity contribution >= 4 is 17.6 Å². The van der Waals surface area contributed by atoms with Gasteiger partial charge in [0.2, 0.25) is 0 Å². The molecule has 4 nitrogen and oxygen atoms in total. The number of aromatic carboxylic acids is 1. The van der Waals surface area contributed by atoms with Gasteiger partial charge in [-0.05, 0) is 32.5 Å². The van der Waals surface area contributed by atoms with Crippen molar-refractivity contribution in [3.63, 3.8) is 0 Å². The van der Waals surface area contributed by atoms with E-state index in [-0.39, 0.29) is 5.69 Å². The molecule has 1 aromatic rings. The average Bonchev–Trinajstić information content (AvgIpc) is 2.75. The van der Waals surface area contributed by atoms with Crippen LogP contribution in [0, 0.1) is 0 Å². The first kappa shape index (κ1) is 11.5. The van der Waals surface area contributed by atoms with Crippen molar-refractivity contribution in [2.45, 2.75) is 25.4 Å². The van der Waals surface area contributed by atoms with Crippen LogP contribution < -0.4 is 0 Å². The molecule has 1 N–H and O–H groups in total. The highest BCUT2D eigenvalue weighted by Gasteiger charge is 2.23. The Kier molecular flexibility index (Phi) is 3.21. The van der Waals surface area contributed by atoms with Crippen molar-refractivity contribution in [2.75, 3.05) is 13.6 Å². The van der Waals surface area contributed by atoms with Gasteiger partial charge in [-0.1, -0.05) is 11.6 Å². The molecule has 16 heavy (non-hydrogen) atoms. The molecule has 2 heterocycles. The smallest absolute Gasteiger partial charge is 0.352 e. The van der Waals surface area contributed by atoms with Crippen molar-refractivity contribution in [2.24, 2.45) is 0 Å². The summed E-state index contributed by atoms with van der Waals surface area (Å²) in [5.41, 5.74) is 0.269. The molecule has 2 rings (SSSR count). The Morgan fingerprint density at radius 3 is 3.00 bits per heavy atom. The Morgan fingerprint density at radius 1 is 1.69 bits per heavy atom. The molecule has 0 radical (unpaired) electrons. The quantitative estimate of drug-likeness (QED) is 0.881. The first-order chi connectivity index (χ1) is 7.58. The Bertz CT molecular complexity index is 403. The van der Waals surface area contributed by atoms with Crippen LogP contribution in [-0.4, -0.2) is 40.2 Å². The Hall–Kier alpha value is -1.00. The Labute approximate surface area is 99.4 Å². The van der Waals surface area contributed by atoms with Crippen LogP contribution in [0.2, 0.25) is 5.02 Å². The second-order valence-corrected chi connectivity index (χ2v) is 4.71. The average molecular weight is 243 g/mol. The summed E-state index contributed by atoms with van der Waals surface area (Å²) >= 11 is 5.83. The van der Waals surface area contributed by atoms with Crippen molar-refractivity contribution < 1.29 is 9.90 Å². The molecule has 1 aromatic heterocycles. The van der Waals surface area contributed by atoms with Crippen LogP contribution in [0.1, 0.15) is 23.3 Å². The van der Waals surface area contributed by atoms with Gasteiger partial charge in [-0.15, -0.1) is 0 Å². The second kappa shape index (κ2) is 4.47. The van der Waals surface area contributed by atoms with E-state index >= 15 is 0 Å². The van der Waals surface area contributed by atoms with Crippen LogP contribution in [-0.2, 0) is 6.54 Å². The van der Waals surface area contributed by atoms with Gasteiger partial charge in [0.25, 0.3) is 0 Å². The number of hydrogen-bond donors (Lipinski definition) is 1. The van der Waals surface area contributed by atoms with E-state index in [4.69, 9.17) is 16.7 Å². The van der Waals surface area contributed by atoms with E-state index in [1.807, 2.05) is 0 Å². The van der Waals surface area contributed by atoms with Gasteiger partial charge >= 0.3 is 5.97 Å². The first-order valence-electron chi connectivity index (χ1n) is 5.37. The minimum Gasteiger partial charge on any atom is -0.477 e. The van der Waals surface area contributed by atoms with Crippen LogP contribution in [0.5, 0.6) is 0 Å². The monoisotopic (exact) mass is 242 g/mol. The minimum absolute atomic E-state index is 0.269. The van der Waals surface area contributed by atoms with Gasteiger partial charge in [0.05, 0.1) is 5.02 Å². The fraction of sp³-hybridized carbons (Fsp3) is 0.545. The van der Waals surface area contributed by atoms with Crippen LogP contribution in [0.3, 0.4) is 0 Å². The summed E-state index contributed by atoms with van der Waals surface area (Å²) in [6, 6.07) is 1.92. The summed E-state index contributed by atoms with van der Waals surface area (Å²) < 4.78 is 1.73. The van der Waals surface area contributed by atoms with E-state index in [1.165, 1.54) is 12.5 Å². The topological polar surface area (TPSA) is 45.5 Å². The summed E-state index contributed by atoms with van der Waals surface area (Å²) in [6.07, 6.45) is 3.99. The molecule has 0 aromatic carbocycles. The molecule has 1 fully saturated rings. The SMILES string of the molecule is CN1CCCC1Cn1cc(Cl)cc1C(=O)O. The fourth-order valence-electron chi connectivity index (χ4n) is 2.24. The zero-order valence-electron chi connectivity index (χ0n) is 9.19. The van der Waals surface area contributed by atoms with Gasteiger partial charge in [-0.25, -0.2) is 4.79 Å². The van der Waals surface area contributed by atoms with Gasteiger partial charge < -0.3 is 14.6 Å². The van der Waals surface area contributed by atoms with Gasteiger partial charge in [0.1, 0.15) is 5.69 Å². The van der Waals surface area contributed by atoms with E-state index in [0.29, 0.717) is 17.6 Å². The molecule has 88 valence electrons. The molecular weight excluding hydrogens is 228 g/mol. The van der Waals surface area contributed by atoms with E-state index in [0.717, 1.165) is 13.0 Å². The highest BCUT2D eigenvalue weighted by atomic mass is 35.5. The molecule has 0 spiro atoms. The molecule has 0 saturated carbocycles. The van der Waals surface area contributed by atoms with Crippen molar-refractivity contribution in [3.05, 3.63) is 23.0 Å². The second-order valence-electron chi connectivity index (χ2n) is 4.28. The highest BCUT2D eigenvalue weighted by Crippen LogP contribution is 2.20. The van der Waals surface area contributed by atoms with E-state index < -0.39 is 5.97 Å². The lowest BCUT2D eigenvalue weighted by Crippen LogP contribution is -2.30. The van der Waals surface area contributed by atoms with E-state index in [1.54, 1.807) is 10.8 Å². The normalized spacial score (nSPS) is 21.5. The van der Waals surface area contributed by atoms with Gasteiger partial charge in [0.15, 0.2) is 0 Å². The maximum atomic E-state index is 11.0. The van der Waals surface area contributed by atoms with Crippen molar-refractivity contribution in [1.29, 1.82) is 0 Å². The van der Waals surface area contributed by atoms with Crippen molar-refractivity contribution in [1.82, 2.24) is 9.47 Å². The van der Waals surface area contributed by atoms with E-state index in [2.05, 4.69) is 11.9 Å². The van der Waals surface area contributed by atoms with Crippen LogP contribution >= 0.6 is 11.6 Å². The third-order valence-corrected chi connectivity index (χ3v) is 3.37. The third kappa shape index (κ3) is 2.23. The zero-order valence-corrected chi connectivity index (χ0v) is 9.94. The number of likely N-dealkylation sites (tertiary alicyclic amines) is 1. The lowest BCUT2D eigenvalue weighted by atomic mass is 10.2. The van der Waals surface area contributed by atoms with Gasteiger partial charge in [0, 0.05) is 18.8 Å². The standard InChI is InChI=1S/C11H15ClN2O2/c1-13-4-2-3-9(13)7-14-6-8(12)5-10(14)11(15)16/h5-6,9H,2-4,7H2,1H3,(H,15,16). The third-order valence-electron chi connectivity index (χ3n) is 3.16. The highest BCUT2D eigenvalue weighted by molar-refractivity contribution is 6.30. The number of likely N-dealkylation sites (N-methyl/N-ethyl adjacent to an activating group) is 1. The zero-order chi connectivity index (χ0) is 11.7. The van der Waals surface area contributed by atoms with Crippen molar-refractivity contribution in [3.8, 4) is 0 Å². The summed E-state index contributed by atoms with van der Waals surface area (Å²) in [6.45, 7) is 1.78. The fourth-order valence-corrected chi connectivity index (χ4v) is 2.46. The van der Waals surface area contributed by atoms with Crippen LogP contribution in [0.4, 0.5) is 0 Å². The number of nitrogens with zero attached hydrogens (tertiary/aromatic N) is 2. The number of rotatable bonds is 3. The molecule has 0 amide bonds. The summed E-state index contributed by atoms with van der Waals surface area (Å²) in [7, 11) is 2.07. The van der Waals surface area contributed by atoms with Crippen LogP contribution in [0.25, 0.3) is 0 Å². The molecule has 1 unspecified atom stereocenters. The number of halogens is 1. The number of carboxylic acids is 1. The largest absolute Gasteiger partial charge is 0.477 e. The molecular formula is C11H15ClN2O2. The number of hydrogen-bond acceptors (Lipinski definition) is 2. The Balaban J connectivity index is 2.17.